The summed E-state index contributed by atoms with van der Waals surface area (Å²) >= 11 is 0. The van der Waals surface area contributed by atoms with Crippen molar-refractivity contribution in [3.63, 3.8) is 0 Å². The van der Waals surface area contributed by atoms with Crippen LogP contribution in [0.2, 0.25) is 0 Å². The van der Waals surface area contributed by atoms with Gasteiger partial charge in [-0.2, -0.15) is 0 Å². The zero-order valence-corrected chi connectivity index (χ0v) is 15.1. The van der Waals surface area contributed by atoms with Gasteiger partial charge in [-0.15, -0.1) is 4.40 Å². The molecule has 27 heavy (non-hydrogen) atoms. The molecule has 8 nitrogen and oxygen atoms in total. The SMILES string of the molecule is C[C@H](OC(=O)C1=CC=CN2CCS(=O)(=O)N=C12)C(=O)Nc1cccc(F)c1. The third kappa shape index (κ3) is 4.40. The average molecular weight is 393 g/mol. The molecule has 10 heteroatoms. The molecule has 0 radical (unpaired) electrons. The fraction of sp³-hybridized carbons (Fsp3) is 0.235. The summed E-state index contributed by atoms with van der Waals surface area (Å²) in [5.41, 5.74) is 0.155. The minimum Gasteiger partial charge on any atom is -0.449 e. The lowest BCUT2D eigenvalue weighted by atomic mass is 10.1. The summed E-state index contributed by atoms with van der Waals surface area (Å²) in [6.07, 6.45) is 3.34. The Balaban J connectivity index is 1.70. The summed E-state index contributed by atoms with van der Waals surface area (Å²) in [5.74, 6) is -2.26. The van der Waals surface area contributed by atoms with Gasteiger partial charge >= 0.3 is 5.97 Å². The van der Waals surface area contributed by atoms with Gasteiger partial charge in [0.1, 0.15) is 11.4 Å². The van der Waals surface area contributed by atoms with Crippen molar-refractivity contribution in [3.8, 4) is 0 Å². The third-order valence-corrected chi connectivity index (χ3v) is 4.97. The molecule has 2 heterocycles. The van der Waals surface area contributed by atoms with E-state index < -0.39 is 33.8 Å². The number of benzene rings is 1. The van der Waals surface area contributed by atoms with Crippen molar-refractivity contribution in [3.05, 3.63) is 54.0 Å². The Morgan fingerprint density at radius 1 is 1.37 bits per heavy atom. The molecule has 2 aliphatic rings. The van der Waals surface area contributed by atoms with E-state index in [9.17, 15) is 22.4 Å². The standard InChI is InChI=1S/C17H16FN3O5S/c1-11(16(22)19-13-5-2-4-12(18)10-13)26-17(23)14-6-3-7-21-8-9-27(24,25)20-15(14)21/h2-7,10-11H,8-9H2,1H3,(H,19,22)/t11-/m0/s1. The van der Waals surface area contributed by atoms with Gasteiger partial charge in [0.2, 0.25) is 0 Å². The Bertz CT molecular complexity index is 984. The second-order valence-electron chi connectivity index (χ2n) is 5.86. The minimum atomic E-state index is -3.66. The van der Waals surface area contributed by atoms with E-state index >= 15 is 0 Å². The number of hydrogen-bond donors (Lipinski definition) is 1. The largest absolute Gasteiger partial charge is 0.449 e. The molecule has 0 aromatic heterocycles. The van der Waals surface area contributed by atoms with E-state index in [1.54, 1.807) is 12.3 Å². The molecule has 1 aromatic carbocycles. The van der Waals surface area contributed by atoms with Crippen LogP contribution in [0.1, 0.15) is 6.92 Å². The van der Waals surface area contributed by atoms with Crippen LogP contribution in [0.5, 0.6) is 0 Å². The van der Waals surface area contributed by atoms with Gasteiger partial charge in [0.05, 0.1) is 5.75 Å². The summed E-state index contributed by atoms with van der Waals surface area (Å²) in [5, 5.41) is 2.43. The predicted molar refractivity (Wildman–Crippen MR) is 95.7 cm³/mol. The van der Waals surface area contributed by atoms with Crippen LogP contribution in [0.15, 0.2) is 52.6 Å². The first-order valence-corrected chi connectivity index (χ1v) is 9.62. The number of nitrogens with one attached hydrogen (secondary N) is 1. The number of esters is 1. The minimum absolute atomic E-state index is 0.0357. The van der Waals surface area contributed by atoms with Gasteiger partial charge in [0.15, 0.2) is 11.9 Å². The van der Waals surface area contributed by atoms with Crippen molar-refractivity contribution in [2.24, 2.45) is 4.40 Å². The zero-order valence-electron chi connectivity index (χ0n) is 14.3. The van der Waals surface area contributed by atoms with Crippen molar-refractivity contribution >= 4 is 33.4 Å². The summed E-state index contributed by atoms with van der Waals surface area (Å²) in [6.45, 7) is 1.51. The molecule has 0 bridgehead atoms. The molecule has 0 fully saturated rings. The van der Waals surface area contributed by atoms with E-state index in [0.29, 0.717) is 0 Å². The van der Waals surface area contributed by atoms with Gasteiger partial charge in [0, 0.05) is 18.4 Å². The first-order valence-electron chi connectivity index (χ1n) is 8.01. The molecule has 0 unspecified atom stereocenters. The lowest BCUT2D eigenvalue weighted by molar-refractivity contribution is -0.148. The number of fused-ring (bicyclic) bond motifs is 1. The van der Waals surface area contributed by atoms with Crippen molar-refractivity contribution in [1.82, 2.24) is 4.90 Å². The summed E-state index contributed by atoms with van der Waals surface area (Å²) in [6, 6.07) is 5.27. The number of rotatable bonds is 4. The molecule has 0 spiro atoms. The number of nitrogens with zero attached hydrogens (tertiary/aromatic N) is 2. The highest BCUT2D eigenvalue weighted by Crippen LogP contribution is 2.19. The van der Waals surface area contributed by atoms with Crippen LogP contribution in [0.3, 0.4) is 0 Å². The fourth-order valence-corrected chi connectivity index (χ4v) is 3.45. The first kappa shape index (κ1) is 18.8. The smallest absolute Gasteiger partial charge is 0.342 e. The molecular weight excluding hydrogens is 377 g/mol. The van der Waals surface area contributed by atoms with Crippen molar-refractivity contribution in [2.45, 2.75) is 13.0 Å². The lowest BCUT2D eigenvalue weighted by Crippen LogP contribution is -2.41. The maximum absolute atomic E-state index is 13.2. The Morgan fingerprint density at radius 3 is 2.89 bits per heavy atom. The Morgan fingerprint density at radius 2 is 2.15 bits per heavy atom. The molecule has 0 saturated heterocycles. The van der Waals surface area contributed by atoms with Crippen LogP contribution in [0, 0.1) is 5.82 Å². The molecule has 1 N–H and O–H groups in total. The van der Waals surface area contributed by atoms with Crippen LogP contribution in [-0.4, -0.2) is 49.4 Å². The van der Waals surface area contributed by atoms with E-state index in [1.165, 1.54) is 36.1 Å². The Labute approximate surface area is 155 Å². The van der Waals surface area contributed by atoms with Crippen molar-refractivity contribution in [1.29, 1.82) is 0 Å². The molecular formula is C17H16FN3O5S. The first-order chi connectivity index (χ1) is 12.7. The number of carbonyl (C=O) groups is 2. The van der Waals surface area contributed by atoms with Crippen molar-refractivity contribution in [2.75, 3.05) is 17.6 Å². The van der Waals surface area contributed by atoms with Crippen molar-refractivity contribution < 1.29 is 27.1 Å². The topological polar surface area (TPSA) is 105 Å². The van der Waals surface area contributed by atoms with Crippen LogP contribution in [-0.2, 0) is 24.3 Å². The number of allylic oxidation sites excluding steroid dienone is 2. The van der Waals surface area contributed by atoms with E-state index in [-0.39, 0.29) is 29.4 Å². The predicted octanol–water partition coefficient (Wildman–Crippen LogP) is 1.19. The Hall–Kier alpha value is -3.01. The normalized spacial score (nSPS) is 18.7. The van der Waals surface area contributed by atoms with Crippen LogP contribution >= 0.6 is 0 Å². The van der Waals surface area contributed by atoms with E-state index in [4.69, 9.17) is 4.74 Å². The second kappa shape index (κ2) is 7.31. The fourth-order valence-electron chi connectivity index (χ4n) is 2.46. The van der Waals surface area contributed by atoms with Gasteiger partial charge < -0.3 is 15.0 Å². The van der Waals surface area contributed by atoms with Crippen LogP contribution in [0.4, 0.5) is 10.1 Å². The number of amides is 1. The summed E-state index contributed by atoms with van der Waals surface area (Å²) < 4.78 is 45.4. The highest BCUT2D eigenvalue weighted by Gasteiger charge is 2.32. The summed E-state index contributed by atoms with van der Waals surface area (Å²) in [4.78, 5) is 26.1. The molecule has 142 valence electrons. The van der Waals surface area contributed by atoms with Gasteiger partial charge in [-0.3, -0.25) is 4.79 Å². The number of anilines is 1. The molecule has 3 rings (SSSR count). The lowest BCUT2D eigenvalue weighted by Gasteiger charge is -2.28. The molecule has 1 aromatic rings. The van der Waals surface area contributed by atoms with Gasteiger partial charge in [0.25, 0.3) is 15.9 Å². The van der Waals surface area contributed by atoms with Crippen LogP contribution < -0.4 is 5.32 Å². The third-order valence-electron chi connectivity index (χ3n) is 3.82. The molecule has 1 amide bonds. The zero-order chi connectivity index (χ0) is 19.6. The number of halogens is 1. The van der Waals surface area contributed by atoms with E-state index in [2.05, 4.69) is 9.71 Å². The molecule has 2 aliphatic heterocycles. The number of ether oxygens (including phenoxy) is 1. The maximum atomic E-state index is 13.2. The van der Waals surface area contributed by atoms with Gasteiger partial charge in [-0.1, -0.05) is 6.07 Å². The molecule has 1 atom stereocenters. The number of sulfonamides is 1. The quantitative estimate of drug-likeness (QED) is 0.771. The Kier molecular flexibility index (Phi) is 5.08. The monoisotopic (exact) mass is 393 g/mol. The van der Waals surface area contributed by atoms with E-state index in [0.717, 1.165) is 6.07 Å². The molecule has 0 aliphatic carbocycles. The highest BCUT2D eigenvalue weighted by molar-refractivity contribution is 7.90. The number of hydrogen-bond acceptors (Lipinski definition) is 6. The highest BCUT2D eigenvalue weighted by atomic mass is 32.2. The maximum Gasteiger partial charge on any atom is 0.342 e. The number of carbonyl (C=O) groups excluding carboxylic acids is 2. The summed E-state index contributed by atoms with van der Waals surface area (Å²) in [7, 11) is -3.66. The van der Waals surface area contributed by atoms with Crippen LogP contribution in [0.25, 0.3) is 0 Å². The van der Waals surface area contributed by atoms with Gasteiger partial charge in [-0.25, -0.2) is 17.6 Å². The number of amidine groups is 1. The molecule has 0 saturated carbocycles. The van der Waals surface area contributed by atoms with Gasteiger partial charge in [-0.05, 0) is 37.3 Å². The average Bonchev–Trinajstić information content (AvgIpc) is 2.60. The second-order valence-corrected chi connectivity index (χ2v) is 7.62. The van der Waals surface area contributed by atoms with E-state index in [1.807, 2.05) is 0 Å².